The van der Waals surface area contributed by atoms with Crippen LogP contribution in [0.25, 0.3) is 0 Å². The fourth-order valence-electron chi connectivity index (χ4n) is 3.77. The molecule has 5 nitrogen and oxygen atoms in total. The Hall–Kier alpha value is -2.94. The number of alkyl halides is 6. The SMILES string of the molecule is CCOc1ccccc1C(=O)NC(Nc1sc2c(c1C#N)CCCCC2)(C(F)(F)F)C(F)(F)F. The van der Waals surface area contributed by atoms with Crippen molar-refractivity contribution in [2.24, 2.45) is 0 Å². The Morgan fingerprint density at radius 1 is 1.09 bits per heavy atom. The van der Waals surface area contributed by atoms with Crippen LogP contribution in [0.1, 0.15) is 52.5 Å². The number of fused-ring (bicyclic) bond motifs is 1. The summed E-state index contributed by atoms with van der Waals surface area (Å²) in [6, 6.07) is 6.79. The molecule has 1 aliphatic rings. The van der Waals surface area contributed by atoms with Crippen LogP contribution in [0.3, 0.4) is 0 Å². The average molecular weight is 505 g/mol. The van der Waals surface area contributed by atoms with Crippen molar-refractivity contribution in [2.45, 2.75) is 57.0 Å². The lowest BCUT2D eigenvalue weighted by molar-refractivity contribution is -0.293. The van der Waals surface area contributed by atoms with E-state index in [4.69, 9.17) is 4.74 Å². The van der Waals surface area contributed by atoms with Crippen molar-refractivity contribution in [3.63, 3.8) is 0 Å². The van der Waals surface area contributed by atoms with E-state index in [2.05, 4.69) is 0 Å². The molecule has 1 amide bonds. The number of nitrogens with one attached hydrogen (secondary N) is 2. The first-order valence-corrected chi connectivity index (χ1v) is 11.3. The third kappa shape index (κ3) is 4.80. The van der Waals surface area contributed by atoms with Crippen LogP contribution in [0, 0.1) is 11.3 Å². The number of carbonyl (C=O) groups excluding carboxylic acids is 1. The number of aryl methyl sites for hydroxylation is 1. The molecule has 0 atom stereocenters. The number of nitriles is 1. The summed E-state index contributed by atoms with van der Waals surface area (Å²) in [5, 5.41) is 11.6. The Labute approximate surface area is 195 Å². The molecule has 0 unspecified atom stereocenters. The molecule has 0 saturated carbocycles. The summed E-state index contributed by atoms with van der Waals surface area (Å²) in [5.74, 6) is -1.80. The largest absolute Gasteiger partial charge is 0.493 e. The maximum Gasteiger partial charge on any atom is 0.439 e. The highest BCUT2D eigenvalue weighted by molar-refractivity contribution is 7.16. The highest BCUT2D eigenvalue weighted by atomic mass is 32.1. The number of para-hydroxylation sites is 1. The highest BCUT2D eigenvalue weighted by Crippen LogP contribution is 2.47. The summed E-state index contributed by atoms with van der Waals surface area (Å²) in [6.45, 7) is 1.59. The Morgan fingerprint density at radius 3 is 2.35 bits per heavy atom. The number of thiophene rings is 1. The van der Waals surface area contributed by atoms with Gasteiger partial charge in [-0.25, -0.2) is 0 Å². The molecule has 1 heterocycles. The first-order chi connectivity index (χ1) is 15.9. The molecule has 34 heavy (non-hydrogen) atoms. The summed E-state index contributed by atoms with van der Waals surface area (Å²) < 4.78 is 90.1. The predicted octanol–water partition coefficient (Wildman–Crippen LogP) is 5.95. The molecule has 0 saturated heterocycles. The molecule has 0 bridgehead atoms. The lowest BCUT2D eigenvalue weighted by Gasteiger charge is -2.38. The highest BCUT2D eigenvalue weighted by Gasteiger charge is 2.73. The van der Waals surface area contributed by atoms with E-state index < -0.39 is 34.5 Å². The molecule has 184 valence electrons. The molecule has 0 radical (unpaired) electrons. The van der Waals surface area contributed by atoms with Crippen LogP contribution in [-0.2, 0) is 12.8 Å². The van der Waals surface area contributed by atoms with Crippen molar-refractivity contribution in [2.75, 3.05) is 11.9 Å². The van der Waals surface area contributed by atoms with Gasteiger partial charge in [0.05, 0.1) is 17.7 Å². The monoisotopic (exact) mass is 505 g/mol. The second kappa shape index (κ2) is 9.74. The fourth-order valence-corrected chi connectivity index (χ4v) is 5.06. The summed E-state index contributed by atoms with van der Waals surface area (Å²) in [5.41, 5.74) is -5.14. The van der Waals surface area contributed by atoms with Gasteiger partial charge in [-0.2, -0.15) is 31.6 Å². The second-order valence-electron chi connectivity index (χ2n) is 7.63. The topological polar surface area (TPSA) is 74.2 Å². The zero-order valence-corrected chi connectivity index (χ0v) is 18.8. The fraction of sp³-hybridized carbons (Fsp3) is 0.455. The average Bonchev–Trinajstić information content (AvgIpc) is 2.90. The maximum atomic E-state index is 14.2. The van der Waals surface area contributed by atoms with Crippen molar-refractivity contribution >= 4 is 22.2 Å². The number of nitrogens with zero attached hydrogens (tertiary/aromatic N) is 1. The van der Waals surface area contributed by atoms with Crippen molar-refractivity contribution in [1.29, 1.82) is 5.26 Å². The zero-order chi connectivity index (χ0) is 25.1. The van der Waals surface area contributed by atoms with Gasteiger partial charge < -0.3 is 15.4 Å². The van der Waals surface area contributed by atoms with Gasteiger partial charge in [0.1, 0.15) is 16.8 Å². The Morgan fingerprint density at radius 2 is 1.74 bits per heavy atom. The van der Waals surface area contributed by atoms with E-state index in [1.54, 1.807) is 13.0 Å². The van der Waals surface area contributed by atoms with Crippen LogP contribution in [-0.4, -0.2) is 30.5 Å². The van der Waals surface area contributed by atoms with Crippen LogP contribution in [0.2, 0.25) is 0 Å². The zero-order valence-electron chi connectivity index (χ0n) is 18.0. The van der Waals surface area contributed by atoms with Crippen LogP contribution in [0.4, 0.5) is 31.3 Å². The van der Waals surface area contributed by atoms with Crippen LogP contribution in [0.15, 0.2) is 24.3 Å². The number of benzene rings is 1. The van der Waals surface area contributed by atoms with Crippen molar-refractivity contribution < 1.29 is 35.9 Å². The number of rotatable bonds is 6. The van der Waals surface area contributed by atoms with Crippen molar-refractivity contribution in [3.8, 4) is 11.8 Å². The molecule has 12 heteroatoms. The number of ether oxygens (including phenoxy) is 1. The molecule has 0 aliphatic heterocycles. The molecule has 2 aromatic rings. The summed E-state index contributed by atoms with van der Waals surface area (Å²) in [7, 11) is 0. The summed E-state index contributed by atoms with van der Waals surface area (Å²) in [4.78, 5) is 13.3. The van der Waals surface area contributed by atoms with E-state index in [0.29, 0.717) is 47.5 Å². The van der Waals surface area contributed by atoms with Gasteiger partial charge in [0.2, 0.25) is 0 Å². The summed E-state index contributed by atoms with van der Waals surface area (Å²) in [6.07, 6.45) is -8.94. The van der Waals surface area contributed by atoms with Crippen molar-refractivity contribution in [3.05, 3.63) is 45.8 Å². The minimum atomic E-state index is -6.00. The van der Waals surface area contributed by atoms with Crippen molar-refractivity contribution in [1.82, 2.24) is 5.32 Å². The lowest BCUT2D eigenvalue weighted by atomic mass is 10.0. The van der Waals surface area contributed by atoms with Crippen LogP contribution in [0.5, 0.6) is 5.75 Å². The van der Waals surface area contributed by atoms with E-state index in [-0.39, 0.29) is 17.9 Å². The number of halogens is 6. The first kappa shape index (κ1) is 25.7. The number of carbonyl (C=O) groups is 1. The molecule has 2 N–H and O–H groups in total. The molecule has 1 aromatic heterocycles. The standard InChI is InChI=1S/C22H21F6N3O2S/c1-2-33-16-10-7-6-9-14(16)18(32)30-20(21(23,24)25,22(26,27)28)31-19-15(12-29)13-8-4-3-5-11-17(13)34-19/h6-7,9-10,31H,2-5,8,11H2,1H3,(H,30,32). The van der Waals surface area contributed by atoms with E-state index in [9.17, 15) is 36.4 Å². The molecule has 3 rings (SSSR count). The van der Waals surface area contributed by atoms with Gasteiger partial charge in [-0.05, 0) is 50.3 Å². The number of anilines is 1. The van der Waals surface area contributed by atoms with E-state index in [1.165, 1.54) is 23.5 Å². The second-order valence-corrected chi connectivity index (χ2v) is 8.74. The lowest BCUT2D eigenvalue weighted by Crippen LogP contribution is -2.72. The van der Waals surface area contributed by atoms with Crippen LogP contribution >= 0.6 is 11.3 Å². The van der Waals surface area contributed by atoms with Gasteiger partial charge in [0.15, 0.2) is 0 Å². The minimum Gasteiger partial charge on any atom is -0.493 e. The number of amides is 1. The Kier molecular flexibility index (Phi) is 7.35. The van der Waals surface area contributed by atoms with Crippen LogP contribution < -0.4 is 15.4 Å². The number of hydrogen-bond acceptors (Lipinski definition) is 5. The van der Waals surface area contributed by atoms with E-state index in [0.717, 1.165) is 17.8 Å². The molecule has 1 aliphatic carbocycles. The van der Waals surface area contributed by atoms with Gasteiger partial charge in [0, 0.05) is 4.88 Å². The Bertz CT molecular complexity index is 1070. The predicted molar refractivity (Wildman–Crippen MR) is 114 cm³/mol. The van der Waals surface area contributed by atoms with Gasteiger partial charge in [0.25, 0.3) is 5.91 Å². The molecule has 0 fully saturated rings. The van der Waals surface area contributed by atoms with Gasteiger partial charge in [-0.1, -0.05) is 18.6 Å². The Balaban J connectivity index is 2.11. The third-order valence-electron chi connectivity index (χ3n) is 5.42. The summed E-state index contributed by atoms with van der Waals surface area (Å²) >= 11 is 0.684. The quantitative estimate of drug-likeness (QED) is 0.289. The smallest absolute Gasteiger partial charge is 0.439 e. The number of hydrogen-bond donors (Lipinski definition) is 2. The van der Waals surface area contributed by atoms with Gasteiger partial charge in [-0.3, -0.25) is 4.79 Å². The van der Waals surface area contributed by atoms with E-state index in [1.807, 2.05) is 0 Å². The van der Waals surface area contributed by atoms with E-state index >= 15 is 0 Å². The normalized spacial score (nSPS) is 14.5. The third-order valence-corrected chi connectivity index (χ3v) is 6.62. The molecule has 1 aromatic carbocycles. The first-order valence-electron chi connectivity index (χ1n) is 10.5. The minimum absolute atomic E-state index is 0.0402. The molecular weight excluding hydrogens is 484 g/mol. The molecular formula is C22H21F6N3O2S. The maximum absolute atomic E-state index is 14.2. The van der Waals surface area contributed by atoms with Gasteiger partial charge in [-0.15, -0.1) is 11.3 Å². The van der Waals surface area contributed by atoms with Gasteiger partial charge >= 0.3 is 18.0 Å². The molecule has 0 spiro atoms.